The number of unbranched alkanes of at least 4 members (excludes halogenated alkanes) is 40. The van der Waals surface area contributed by atoms with Gasteiger partial charge in [0.15, 0.2) is 6.10 Å². The fourth-order valence-electron chi connectivity index (χ4n) is 11.5. The number of likely N-dealkylation sites (N-methyl/N-ethyl adjacent to an activating group) is 1. The van der Waals surface area contributed by atoms with E-state index in [9.17, 15) is 19.5 Å². The number of rotatable bonds is 75. The van der Waals surface area contributed by atoms with E-state index in [4.69, 9.17) is 18.9 Å². The Morgan fingerprint density at radius 1 is 0.320 bits per heavy atom. The van der Waals surface area contributed by atoms with E-state index in [1.807, 2.05) is 21.1 Å². The van der Waals surface area contributed by atoms with Crippen LogP contribution in [0.15, 0.2) is 122 Å². The molecule has 0 amide bonds. The van der Waals surface area contributed by atoms with Crippen LogP contribution in [0.1, 0.15) is 361 Å². The standard InChI is InChI=1S/C88H153NO8/c1-6-8-10-12-14-16-18-20-22-24-26-28-30-32-34-36-38-39-40-41-42-43-44-45-46-47-49-51-53-55-57-59-61-63-65-67-69-71-73-75-77-79-86(91)97-84(83-96-88(87(92)93)94-81-80-89(3,4)5)82-95-85(90)78-76-74-72-70-68-66-64-62-60-58-56-54-52-50-48-37-35-33-31-29-27-25-23-21-19-17-15-13-11-9-7-2/h8,10,14,16,19-22,25-28,32,34,38-39,41-42,44-45,84,88H,6-7,9,11-13,15,17-18,23-24,29-31,33,35-37,40,43,46-83H2,1-5H3/p+1/b10-8-,16-14-,21-19-,22-20-,27-25-,28-26-,34-32-,39-38-,42-41-,45-44-. The normalized spacial score (nSPS) is 13.3. The molecule has 0 aromatic heterocycles. The van der Waals surface area contributed by atoms with E-state index in [1.54, 1.807) is 0 Å². The van der Waals surface area contributed by atoms with Crippen molar-refractivity contribution in [3.05, 3.63) is 122 Å². The molecule has 9 nitrogen and oxygen atoms in total. The van der Waals surface area contributed by atoms with Gasteiger partial charge in [-0.1, -0.05) is 360 Å². The van der Waals surface area contributed by atoms with Gasteiger partial charge < -0.3 is 28.5 Å². The van der Waals surface area contributed by atoms with Gasteiger partial charge >= 0.3 is 17.9 Å². The Hall–Kier alpha value is -4.31. The lowest BCUT2D eigenvalue weighted by Gasteiger charge is -2.25. The maximum atomic E-state index is 13.0. The molecule has 0 spiro atoms. The molecule has 0 rings (SSSR count). The maximum absolute atomic E-state index is 13.0. The molecular formula is C88H154NO8+. The van der Waals surface area contributed by atoms with Crippen LogP contribution in [-0.4, -0.2) is 87.4 Å². The van der Waals surface area contributed by atoms with Crippen molar-refractivity contribution in [3.63, 3.8) is 0 Å². The number of carboxylic acid groups (broad SMARTS) is 1. The number of carbonyl (C=O) groups excluding carboxylic acids is 2. The number of nitrogens with zero attached hydrogens (tertiary/aromatic N) is 1. The molecule has 0 saturated heterocycles. The van der Waals surface area contributed by atoms with Crippen LogP contribution in [0.3, 0.4) is 0 Å². The van der Waals surface area contributed by atoms with E-state index in [0.29, 0.717) is 17.4 Å². The summed E-state index contributed by atoms with van der Waals surface area (Å²) in [5.41, 5.74) is 0. The van der Waals surface area contributed by atoms with E-state index in [-0.39, 0.29) is 32.2 Å². The third-order valence-electron chi connectivity index (χ3n) is 17.7. The molecular weight excluding hydrogens is 1200 g/mol. The van der Waals surface area contributed by atoms with Gasteiger partial charge in [0.25, 0.3) is 6.29 Å². The molecule has 0 aliphatic rings. The molecule has 0 bridgehead atoms. The minimum atomic E-state index is -1.51. The first-order valence-electron chi connectivity index (χ1n) is 40.7. The van der Waals surface area contributed by atoms with Crippen molar-refractivity contribution in [1.82, 2.24) is 0 Å². The number of ether oxygens (including phenoxy) is 4. The maximum Gasteiger partial charge on any atom is 0.361 e. The fraction of sp³-hybridized carbons (Fsp3) is 0.739. The Bertz CT molecular complexity index is 2020. The Kier molecular flexibility index (Phi) is 74.0. The molecule has 0 radical (unpaired) electrons. The molecule has 0 aromatic rings. The number of esters is 2. The third-order valence-corrected chi connectivity index (χ3v) is 17.7. The molecule has 0 aliphatic carbocycles. The summed E-state index contributed by atoms with van der Waals surface area (Å²) < 4.78 is 23.1. The first-order chi connectivity index (χ1) is 47.6. The number of quaternary nitrogens is 1. The molecule has 97 heavy (non-hydrogen) atoms. The number of aliphatic carboxylic acids is 1. The largest absolute Gasteiger partial charge is 0.477 e. The quantitative estimate of drug-likeness (QED) is 0.0211. The van der Waals surface area contributed by atoms with Gasteiger partial charge in [-0.15, -0.1) is 0 Å². The summed E-state index contributed by atoms with van der Waals surface area (Å²) in [6, 6.07) is 0. The highest BCUT2D eigenvalue weighted by atomic mass is 16.7. The highest BCUT2D eigenvalue weighted by Crippen LogP contribution is 2.19. The van der Waals surface area contributed by atoms with Crippen LogP contribution in [0.5, 0.6) is 0 Å². The second kappa shape index (κ2) is 77.4. The van der Waals surface area contributed by atoms with Crippen LogP contribution in [0.2, 0.25) is 0 Å². The topological polar surface area (TPSA) is 108 Å². The summed E-state index contributed by atoms with van der Waals surface area (Å²) in [4.78, 5) is 37.8. The molecule has 0 heterocycles. The Morgan fingerprint density at radius 2 is 0.588 bits per heavy atom. The summed E-state index contributed by atoms with van der Waals surface area (Å²) in [7, 11) is 5.99. The first-order valence-corrected chi connectivity index (χ1v) is 40.7. The number of allylic oxidation sites excluding steroid dienone is 20. The highest BCUT2D eigenvalue weighted by molar-refractivity contribution is 5.71. The van der Waals surface area contributed by atoms with Gasteiger partial charge in [0.05, 0.1) is 34.4 Å². The predicted molar refractivity (Wildman–Crippen MR) is 419 cm³/mol. The molecule has 0 fully saturated rings. The van der Waals surface area contributed by atoms with E-state index in [2.05, 4.69) is 135 Å². The molecule has 0 saturated carbocycles. The van der Waals surface area contributed by atoms with Crippen molar-refractivity contribution in [2.24, 2.45) is 0 Å². The van der Waals surface area contributed by atoms with Crippen LogP contribution >= 0.6 is 0 Å². The summed E-state index contributed by atoms with van der Waals surface area (Å²) in [5.74, 6) is -1.99. The average Bonchev–Trinajstić information content (AvgIpc) is 3.27. The van der Waals surface area contributed by atoms with E-state index in [0.717, 1.165) is 96.3 Å². The van der Waals surface area contributed by atoms with Crippen molar-refractivity contribution in [1.29, 1.82) is 0 Å². The first kappa shape index (κ1) is 92.7. The summed E-state index contributed by atoms with van der Waals surface area (Å²) >= 11 is 0. The second-order valence-electron chi connectivity index (χ2n) is 28.3. The number of carboxylic acids is 1. The minimum absolute atomic E-state index is 0.182. The lowest BCUT2D eigenvalue weighted by Crippen LogP contribution is -2.40. The Morgan fingerprint density at radius 3 is 0.876 bits per heavy atom. The lowest BCUT2D eigenvalue weighted by atomic mass is 10.0. The number of hydrogen-bond donors (Lipinski definition) is 1. The minimum Gasteiger partial charge on any atom is -0.477 e. The van der Waals surface area contributed by atoms with Crippen molar-refractivity contribution in [3.8, 4) is 0 Å². The van der Waals surface area contributed by atoms with Crippen molar-refractivity contribution < 1.29 is 42.9 Å². The average molecular weight is 1350 g/mol. The zero-order valence-corrected chi connectivity index (χ0v) is 64.0. The van der Waals surface area contributed by atoms with Crippen molar-refractivity contribution in [2.45, 2.75) is 373 Å². The van der Waals surface area contributed by atoms with E-state index >= 15 is 0 Å². The van der Waals surface area contributed by atoms with Crippen molar-refractivity contribution >= 4 is 17.9 Å². The molecule has 2 unspecified atom stereocenters. The third kappa shape index (κ3) is 78.9. The van der Waals surface area contributed by atoms with Crippen LogP contribution in [0.25, 0.3) is 0 Å². The molecule has 9 heteroatoms. The Balaban J connectivity index is 4.02. The lowest BCUT2D eigenvalue weighted by molar-refractivity contribution is -0.870. The fourth-order valence-corrected chi connectivity index (χ4v) is 11.5. The number of hydrogen-bond acceptors (Lipinski definition) is 7. The Labute approximate surface area is 599 Å². The van der Waals surface area contributed by atoms with E-state index in [1.165, 1.54) is 238 Å². The van der Waals surface area contributed by atoms with Gasteiger partial charge in [-0.2, -0.15) is 0 Å². The molecule has 558 valence electrons. The van der Waals surface area contributed by atoms with E-state index < -0.39 is 24.3 Å². The van der Waals surface area contributed by atoms with Gasteiger partial charge in [0, 0.05) is 12.8 Å². The smallest absolute Gasteiger partial charge is 0.361 e. The second-order valence-corrected chi connectivity index (χ2v) is 28.3. The van der Waals surface area contributed by atoms with Gasteiger partial charge in [0.1, 0.15) is 13.2 Å². The van der Waals surface area contributed by atoms with Crippen molar-refractivity contribution in [2.75, 3.05) is 47.5 Å². The zero-order valence-electron chi connectivity index (χ0n) is 64.0. The molecule has 0 aromatic carbocycles. The van der Waals surface area contributed by atoms with Crippen LogP contribution in [0, 0.1) is 0 Å². The number of carbonyl (C=O) groups is 3. The predicted octanol–water partition coefficient (Wildman–Crippen LogP) is 26.3. The molecule has 1 N–H and O–H groups in total. The SMILES string of the molecule is CC/C=C\C/C=C\C/C=C\C/C=C\C/C=C\C/C=C\C/C=C\C/C=C\CCCCCCCCCCCCCCCCCCC(=O)OC(COC(=O)CCCCCCCCCCCCCCCCCCCCC/C=C\C/C=C\CCCCCCC)COC(OCC[N+](C)(C)C)C(=O)O. The summed E-state index contributed by atoms with van der Waals surface area (Å²) in [5, 5.41) is 9.78. The van der Waals surface area contributed by atoms with Gasteiger partial charge in [-0.25, -0.2) is 4.79 Å². The molecule has 2 atom stereocenters. The van der Waals surface area contributed by atoms with Crippen LogP contribution in [0.4, 0.5) is 0 Å². The monoisotopic (exact) mass is 1350 g/mol. The summed E-state index contributed by atoms with van der Waals surface area (Å²) in [6.07, 6.45) is 108. The van der Waals surface area contributed by atoms with Crippen LogP contribution < -0.4 is 0 Å². The summed E-state index contributed by atoms with van der Waals surface area (Å²) in [6.45, 7) is 4.79. The molecule has 0 aliphatic heterocycles. The van der Waals surface area contributed by atoms with Gasteiger partial charge in [-0.3, -0.25) is 9.59 Å². The van der Waals surface area contributed by atoms with Gasteiger partial charge in [0.2, 0.25) is 0 Å². The van der Waals surface area contributed by atoms with Crippen LogP contribution in [-0.2, 0) is 33.3 Å². The highest BCUT2D eigenvalue weighted by Gasteiger charge is 2.25. The van der Waals surface area contributed by atoms with Gasteiger partial charge in [-0.05, 0) is 109 Å². The zero-order chi connectivity index (χ0) is 70.4.